The average molecular weight is 201 g/mol. The summed E-state index contributed by atoms with van der Waals surface area (Å²) < 4.78 is 22.9. The number of hydrogen-bond acceptors (Lipinski definition) is 0. The Morgan fingerprint density at radius 3 is 2.22 bits per heavy atom. The number of rotatable bonds is 5. The first-order chi connectivity index (χ1) is 4.27. The van der Waals surface area contributed by atoms with E-state index in [9.17, 15) is 8.78 Å². The van der Waals surface area contributed by atoms with E-state index in [4.69, 9.17) is 0 Å². The predicted octanol–water partition coefficient (Wildman–Crippen LogP) is 3.21. The third-order valence-electron chi connectivity index (χ3n) is 1.06. The van der Waals surface area contributed by atoms with E-state index in [2.05, 4.69) is 15.9 Å². The van der Waals surface area contributed by atoms with Gasteiger partial charge in [-0.25, -0.2) is 8.78 Å². The van der Waals surface area contributed by atoms with Crippen molar-refractivity contribution in [1.29, 1.82) is 0 Å². The van der Waals surface area contributed by atoms with Crippen molar-refractivity contribution in [2.45, 2.75) is 32.1 Å². The van der Waals surface area contributed by atoms with Crippen LogP contribution in [0.15, 0.2) is 0 Å². The van der Waals surface area contributed by atoms with E-state index in [1.165, 1.54) is 0 Å². The lowest BCUT2D eigenvalue weighted by atomic mass is 10.2. The van der Waals surface area contributed by atoms with Crippen LogP contribution in [-0.2, 0) is 0 Å². The molecule has 0 aliphatic rings. The molecule has 0 fully saturated rings. The largest absolute Gasteiger partial charge is 0.238 e. The van der Waals surface area contributed by atoms with E-state index in [1.807, 2.05) is 0 Å². The van der Waals surface area contributed by atoms with Crippen LogP contribution in [0.1, 0.15) is 25.7 Å². The summed E-state index contributed by atoms with van der Waals surface area (Å²) in [6.07, 6.45) is 0.527. The van der Waals surface area contributed by atoms with Gasteiger partial charge in [0.1, 0.15) is 0 Å². The fraction of sp³-hybridized carbons (Fsp3) is 1.00. The van der Waals surface area contributed by atoms with Gasteiger partial charge in [-0.1, -0.05) is 22.4 Å². The van der Waals surface area contributed by atoms with Crippen LogP contribution in [0.3, 0.4) is 0 Å². The topological polar surface area (TPSA) is 0 Å². The van der Waals surface area contributed by atoms with Gasteiger partial charge >= 0.3 is 0 Å². The average Bonchev–Trinajstić information content (AvgIpc) is 1.80. The second-order valence-electron chi connectivity index (χ2n) is 1.93. The Bertz CT molecular complexity index is 57.0. The molecule has 0 unspecified atom stereocenters. The predicted molar refractivity (Wildman–Crippen MR) is 38.3 cm³/mol. The molecule has 0 amide bonds. The number of unbranched alkanes of at least 4 members (excludes halogenated alkanes) is 2. The third-order valence-corrected chi connectivity index (χ3v) is 1.62. The third kappa shape index (κ3) is 8.34. The minimum absolute atomic E-state index is 0.0625. The number of halogens is 3. The highest BCUT2D eigenvalue weighted by molar-refractivity contribution is 9.09. The van der Waals surface area contributed by atoms with Crippen molar-refractivity contribution in [3.8, 4) is 0 Å². The Morgan fingerprint density at radius 1 is 1.11 bits per heavy atom. The summed E-state index contributed by atoms with van der Waals surface area (Å²) in [6.45, 7) is 0. The molecule has 0 nitrogen and oxygen atoms in total. The molecular formula is C6H11BrF2. The summed E-state index contributed by atoms with van der Waals surface area (Å²) >= 11 is 3.23. The van der Waals surface area contributed by atoms with Gasteiger partial charge in [0.05, 0.1) is 0 Å². The van der Waals surface area contributed by atoms with Gasteiger partial charge in [0.15, 0.2) is 0 Å². The minimum atomic E-state index is -2.11. The first kappa shape index (κ1) is 9.34. The molecule has 0 atom stereocenters. The van der Waals surface area contributed by atoms with Crippen molar-refractivity contribution < 1.29 is 8.78 Å². The lowest BCUT2D eigenvalue weighted by Crippen LogP contribution is -1.89. The molecular weight excluding hydrogens is 190 g/mol. The van der Waals surface area contributed by atoms with Crippen LogP contribution < -0.4 is 0 Å². The highest BCUT2D eigenvalue weighted by Gasteiger charge is 1.99. The highest BCUT2D eigenvalue weighted by Crippen LogP contribution is 2.07. The van der Waals surface area contributed by atoms with E-state index >= 15 is 0 Å². The Hall–Kier alpha value is 0.340. The lowest BCUT2D eigenvalue weighted by Gasteiger charge is -1.96. The van der Waals surface area contributed by atoms with Crippen molar-refractivity contribution in [3.63, 3.8) is 0 Å². The standard InChI is InChI=1S/C6H11BrF2/c7-5-3-1-2-4-6(8)9/h6H,1-5H2. The molecule has 0 radical (unpaired) electrons. The van der Waals surface area contributed by atoms with Crippen molar-refractivity contribution in [2.75, 3.05) is 5.33 Å². The maximum absolute atomic E-state index is 11.5. The lowest BCUT2D eigenvalue weighted by molar-refractivity contribution is 0.134. The second kappa shape index (κ2) is 6.46. The van der Waals surface area contributed by atoms with Crippen LogP contribution >= 0.6 is 15.9 Å². The van der Waals surface area contributed by atoms with E-state index in [0.29, 0.717) is 6.42 Å². The quantitative estimate of drug-likeness (QED) is 0.473. The molecule has 0 heterocycles. The Morgan fingerprint density at radius 2 is 1.78 bits per heavy atom. The van der Waals surface area contributed by atoms with E-state index in [1.54, 1.807) is 0 Å². The van der Waals surface area contributed by atoms with Crippen molar-refractivity contribution >= 4 is 15.9 Å². The first-order valence-corrected chi connectivity index (χ1v) is 4.23. The van der Waals surface area contributed by atoms with Crippen LogP contribution in [0.2, 0.25) is 0 Å². The highest BCUT2D eigenvalue weighted by atomic mass is 79.9. The molecule has 0 aliphatic heterocycles. The van der Waals surface area contributed by atoms with E-state index in [0.717, 1.165) is 18.2 Å². The zero-order chi connectivity index (χ0) is 7.11. The van der Waals surface area contributed by atoms with Crippen LogP contribution in [0, 0.1) is 0 Å². The maximum atomic E-state index is 11.5. The molecule has 0 aliphatic carbocycles. The molecule has 0 rings (SSSR count). The molecule has 3 heteroatoms. The Kier molecular flexibility index (Phi) is 6.70. The van der Waals surface area contributed by atoms with Crippen molar-refractivity contribution in [3.05, 3.63) is 0 Å². The van der Waals surface area contributed by atoms with Gasteiger partial charge in [-0.3, -0.25) is 0 Å². The normalized spacial score (nSPS) is 10.7. The van der Waals surface area contributed by atoms with Gasteiger partial charge in [-0.05, 0) is 12.8 Å². The van der Waals surface area contributed by atoms with Crippen LogP contribution in [-0.4, -0.2) is 11.8 Å². The summed E-state index contributed by atoms with van der Waals surface area (Å²) in [5.41, 5.74) is 0. The van der Waals surface area contributed by atoms with Crippen molar-refractivity contribution in [2.24, 2.45) is 0 Å². The minimum Gasteiger partial charge on any atom is -0.211 e. The number of alkyl halides is 3. The van der Waals surface area contributed by atoms with Gasteiger partial charge in [-0.15, -0.1) is 0 Å². The molecule has 0 saturated heterocycles. The fourth-order valence-corrected chi connectivity index (χ4v) is 0.966. The van der Waals surface area contributed by atoms with Gasteiger partial charge < -0.3 is 0 Å². The van der Waals surface area contributed by atoms with E-state index in [-0.39, 0.29) is 6.42 Å². The maximum Gasteiger partial charge on any atom is 0.238 e. The SMILES string of the molecule is FC(F)CCCCCBr. The van der Waals surface area contributed by atoms with E-state index < -0.39 is 6.43 Å². The van der Waals surface area contributed by atoms with Crippen molar-refractivity contribution in [1.82, 2.24) is 0 Å². The molecule has 0 N–H and O–H groups in total. The summed E-state index contributed by atoms with van der Waals surface area (Å²) in [7, 11) is 0. The van der Waals surface area contributed by atoms with Gasteiger partial charge in [-0.2, -0.15) is 0 Å². The van der Waals surface area contributed by atoms with Crippen LogP contribution in [0.5, 0.6) is 0 Å². The monoisotopic (exact) mass is 200 g/mol. The molecule has 0 aromatic heterocycles. The van der Waals surface area contributed by atoms with Crippen LogP contribution in [0.4, 0.5) is 8.78 Å². The Balaban J connectivity index is 2.75. The Labute approximate surface area is 62.8 Å². The summed E-state index contributed by atoms with van der Waals surface area (Å²) in [6, 6.07) is 0. The zero-order valence-electron chi connectivity index (χ0n) is 5.25. The second-order valence-corrected chi connectivity index (χ2v) is 2.72. The molecule has 0 spiro atoms. The zero-order valence-corrected chi connectivity index (χ0v) is 6.83. The molecule has 0 saturated carbocycles. The molecule has 9 heavy (non-hydrogen) atoms. The van der Waals surface area contributed by atoms with Crippen LogP contribution in [0.25, 0.3) is 0 Å². The fourth-order valence-electron chi connectivity index (χ4n) is 0.570. The molecule has 0 bridgehead atoms. The summed E-state index contributed by atoms with van der Waals surface area (Å²) in [4.78, 5) is 0. The van der Waals surface area contributed by atoms with Gasteiger partial charge in [0, 0.05) is 11.8 Å². The smallest absolute Gasteiger partial charge is 0.211 e. The molecule has 0 aromatic rings. The summed E-state index contributed by atoms with van der Waals surface area (Å²) in [5.74, 6) is 0. The van der Waals surface area contributed by atoms with Gasteiger partial charge in [0.25, 0.3) is 0 Å². The number of hydrogen-bond donors (Lipinski definition) is 0. The summed E-state index contributed by atoms with van der Waals surface area (Å²) in [5, 5.41) is 0.927. The van der Waals surface area contributed by atoms with Gasteiger partial charge in [0.2, 0.25) is 6.43 Å². The molecule has 0 aromatic carbocycles. The molecule has 56 valence electrons. The first-order valence-electron chi connectivity index (χ1n) is 3.11.